The van der Waals surface area contributed by atoms with Gasteiger partial charge in [0.05, 0.1) is 19.5 Å². The van der Waals surface area contributed by atoms with Gasteiger partial charge in [0.15, 0.2) is 0 Å². The van der Waals surface area contributed by atoms with Gasteiger partial charge in [0.1, 0.15) is 9.39 Å². The number of halogens is 1. The highest BCUT2D eigenvalue weighted by molar-refractivity contribution is 14.1. The van der Waals surface area contributed by atoms with Gasteiger partial charge in [-0.1, -0.05) is 0 Å². The van der Waals surface area contributed by atoms with E-state index in [4.69, 9.17) is 4.74 Å². The molecule has 0 atom stereocenters. The van der Waals surface area contributed by atoms with Gasteiger partial charge in [-0.25, -0.2) is 4.98 Å². The van der Waals surface area contributed by atoms with Crippen LogP contribution in [0.2, 0.25) is 0 Å². The molecule has 0 aromatic carbocycles. The van der Waals surface area contributed by atoms with Crippen LogP contribution in [0.1, 0.15) is 0 Å². The summed E-state index contributed by atoms with van der Waals surface area (Å²) in [5.74, 6) is 0.762. The molecule has 1 saturated heterocycles. The van der Waals surface area contributed by atoms with Crippen molar-refractivity contribution in [1.82, 2.24) is 9.97 Å². The highest BCUT2D eigenvalue weighted by Crippen LogP contribution is 2.16. The second-order valence-corrected chi connectivity index (χ2v) is 4.05. The van der Waals surface area contributed by atoms with Crippen LogP contribution >= 0.6 is 22.6 Å². The number of morpholine rings is 1. The molecule has 0 amide bonds. The Morgan fingerprint density at radius 2 is 2.21 bits per heavy atom. The smallest absolute Gasteiger partial charge is 0.266 e. The molecule has 6 heteroatoms. The standard InChI is InChI=1S/C8H10IN3O2/c9-6-7(10-5-11-8(6)13)12-1-3-14-4-2-12/h5H,1-4H2,(H,10,11,13). The highest BCUT2D eigenvalue weighted by Gasteiger charge is 2.16. The molecular weight excluding hydrogens is 297 g/mol. The Balaban J connectivity index is 2.30. The number of nitrogens with zero attached hydrogens (tertiary/aromatic N) is 2. The molecule has 1 aromatic rings. The van der Waals surface area contributed by atoms with Crippen LogP contribution in [0.15, 0.2) is 11.1 Å². The van der Waals surface area contributed by atoms with Crippen molar-refractivity contribution in [2.75, 3.05) is 31.2 Å². The van der Waals surface area contributed by atoms with E-state index in [0.717, 1.165) is 18.9 Å². The molecular formula is C8H10IN3O2. The Hall–Kier alpha value is -0.630. The molecule has 0 aliphatic carbocycles. The lowest BCUT2D eigenvalue weighted by Gasteiger charge is -2.28. The van der Waals surface area contributed by atoms with Crippen molar-refractivity contribution in [2.45, 2.75) is 0 Å². The van der Waals surface area contributed by atoms with E-state index in [9.17, 15) is 4.79 Å². The van der Waals surface area contributed by atoms with E-state index in [1.807, 2.05) is 22.6 Å². The third kappa shape index (κ3) is 1.90. The molecule has 5 nitrogen and oxygen atoms in total. The fraction of sp³-hybridized carbons (Fsp3) is 0.500. The van der Waals surface area contributed by atoms with Crippen molar-refractivity contribution in [1.29, 1.82) is 0 Å². The maximum atomic E-state index is 11.3. The molecule has 0 spiro atoms. The fourth-order valence-corrected chi connectivity index (χ4v) is 2.01. The average Bonchev–Trinajstić information content (AvgIpc) is 2.23. The number of aromatic amines is 1. The van der Waals surface area contributed by atoms with Gasteiger partial charge in [-0.05, 0) is 22.6 Å². The van der Waals surface area contributed by atoms with Crippen LogP contribution in [0, 0.1) is 3.57 Å². The van der Waals surface area contributed by atoms with E-state index < -0.39 is 0 Å². The van der Waals surface area contributed by atoms with E-state index in [1.54, 1.807) is 0 Å². The zero-order valence-corrected chi connectivity index (χ0v) is 9.65. The Bertz CT molecular complexity index is 373. The number of nitrogens with one attached hydrogen (secondary N) is 1. The summed E-state index contributed by atoms with van der Waals surface area (Å²) in [4.78, 5) is 20.1. The zero-order chi connectivity index (χ0) is 9.97. The lowest BCUT2D eigenvalue weighted by molar-refractivity contribution is 0.122. The van der Waals surface area contributed by atoms with Crippen molar-refractivity contribution in [2.24, 2.45) is 0 Å². The van der Waals surface area contributed by atoms with Gasteiger partial charge in [-0.3, -0.25) is 4.79 Å². The largest absolute Gasteiger partial charge is 0.378 e. The molecule has 0 saturated carbocycles. The van der Waals surface area contributed by atoms with Crippen LogP contribution in [0.3, 0.4) is 0 Å². The maximum absolute atomic E-state index is 11.3. The van der Waals surface area contributed by atoms with Gasteiger partial charge in [-0.15, -0.1) is 0 Å². The lowest BCUT2D eigenvalue weighted by atomic mass is 10.4. The Labute approximate surface area is 94.6 Å². The van der Waals surface area contributed by atoms with Gasteiger partial charge in [-0.2, -0.15) is 0 Å². The maximum Gasteiger partial charge on any atom is 0.266 e. The molecule has 1 aliphatic heterocycles. The molecule has 2 rings (SSSR count). The van der Waals surface area contributed by atoms with E-state index in [-0.39, 0.29) is 5.56 Å². The van der Waals surface area contributed by atoms with Gasteiger partial charge < -0.3 is 14.6 Å². The van der Waals surface area contributed by atoms with Crippen molar-refractivity contribution >= 4 is 28.4 Å². The normalized spacial score (nSPS) is 17.1. The van der Waals surface area contributed by atoms with Crippen molar-refractivity contribution < 1.29 is 4.74 Å². The molecule has 76 valence electrons. The highest BCUT2D eigenvalue weighted by atomic mass is 127. The summed E-state index contributed by atoms with van der Waals surface area (Å²) < 4.78 is 5.88. The molecule has 0 bridgehead atoms. The topological polar surface area (TPSA) is 58.2 Å². The predicted octanol–water partition coefficient (Wildman–Crippen LogP) is 0.211. The summed E-state index contributed by atoms with van der Waals surface area (Å²) in [5, 5.41) is 0. The van der Waals surface area contributed by atoms with Crippen LogP contribution in [-0.2, 0) is 4.74 Å². The molecule has 2 heterocycles. The van der Waals surface area contributed by atoms with Crippen LogP contribution in [0.25, 0.3) is 0 Å². The molecule has 0 unspecified atom stereocenters. The number of anilines is 1. The lowest BCUT2D eigenvalue weighted by Crippen LogP contribution is -2.38. The number of aromatic nitrogens is 2. The molecule has 0 radical (unpaired) electrons. The number of ether oxygens (including phenoxy) is 1. The zero-order valence-electron chi connectivity index (χ0n) is 7.49. The molecule has 1 aromatic heterocycles. The first-order valence-electron chi connectivity index (χ1n) is 4.35. The first-order chi connectivity index (χ1) is 6.79. The average molecular weight is 307 g/mol. The van der Waals surface area contributed by atoms with Crippen molar-refractivity contribution in [3.05, 3.63) is 20.3 Å². The first-order valence-corrected chi connectivity index (χ1v) is 5.43. The summed E-state index contributed by atoms with van der Waals surface area (Å²) in [6, 6.07) is 0. The van der Waals surface area contributed by atoms with Crippen LogP contribution in [0.4, 0.5) is 5.82 Å². The van der Waals surface area contributed by atoms with Gasteiger partial charge in [0.25, 0.3) is 5.56 Å². The molecule has 1 aliphatic rings. The summed E-state index contributed by atoms with van der Waals surface area (Å²) in [7, 11) is 0. The minimum absolute atomic E-state index is 0.0814. The Morgan fingerprint density at radius 3 is 2.93 bits per heavy atom. The second-order valence-electron chi connectivity index (χ2n) is 2.97. The summed E-state index contributed by atoms with van der Waals surface area (Å²) >= 11 is 2.02. The van der Waals surface area contributed by atoms with Gasteiger partial charge in [0.2, 0.25) is 0 Å². The number of hydrogen-bond donors (Lipinski definition) is 1. The number of rotatable bonds is 1. The molecule has 1 N–H and O–H groups in total. The molecule has 14 heavy (non-hydrogen) atoms. The third-order valence-electron chi connectivity index (χ3n) is 2.09. The van der Waals surface area contributed by atoms with E-state index in [0.29, 0.717) is 16.8 Å². The van der Waals surface area contributed by atoms with Crippen molar-refractivity contribution in [3.63, 3.8) is 0 Å². The summed E-state index contributed by atoms with van der Waals surface area (Å²) in [6.07, 6.45) is 1.44. The summed E-state index contributed by atoms with van der Waals surface area (Å²) in [6.45, 7) is 2.99. The van der Waals surface area contributed by atoms with Gasteiger partial charge >= 0.3 is 0 Å². The Morgan fingerprint density at radius 1 is 1.50 bits per heavy atom. The predicted molar refractivity (Wildman–Crippen MR) is 60.6 cm³/mol. The summed E-state index contributed by atoms with van der Waals surface area (Å²) in [5.41, 5.74) is -0.0814. The quantitative estimate of drug-likeness (QED) is 0.754. The van der Waals surface area contributed by atoms with E-state index >= 15 is 0 Å². The van der Waals surface area contributed by atoms with Gasteiger partial charge in [0, 0.05) is 13.1 Å². The van der Waals surface area contributed by atoms with E-state index in [2.05, 4.69) is 14.9 Å². The van der Waals surface area contributed by atoms with Crippen LogP contribution in [0.5, 0.6) is 0 Å². The number of hydrogen-bond acceptors (Lipinski definition) is 4. The second kappa shape index (κ2) is 4.26. The van der Waals surface area contributed by atoms with Crippen LogP contribution in [-0.4, -0.2) is 36.3 Å². The third-order valence-corrected chi connectivity index (χ3v) is 3.06. The minimum Gasteiger partial charge on any atom is -0.378 e. The fourth-order valence-electron chi connectivity index (χ4n) is 1.37. The monoisotopic (exact) mass is 307 g/mol. The Kier molecular flexibility index (Phi) is 3.02. The first kappa shape index (κ1) is 9.91. The van der Waals surface area contributed by atoms with Crippen molar-refractivity contribution in [3.8, 4) is 0 Å². The SMILES string of the molecule is O=c1[nH]cnc(N2CCOCC2)c1I. The molecule has 1 fully saturated rings. The minimum atomic E-state index is -0.0814. The van der Waals surface area contributed by atoms with Crippen LogP contribution < -0.4 is 10.5 Å². The van der Waals surface area contributed by atoms with E-state index in [1.165, 1.54) is 6.33 Å². The number of H-pyrrole nitrogens is 1.